The first-order valence-corrected chi connectivity index (χ1v) is 5.98. The van der Waals surface area contributed by atoms with Gasteiger partial charge in [0.2, 0.25) is 0 Å². The second-order valence-electron chi connectivity index (χ2n) is 4.44. The molecule has 0 saturated heterocycles. The Bertz CT molecular complexity index is 521. The van der Waals surface area contributed by atoms with Gasteiger partial charge in [-0.2, -0.15) is 5.10 Å². The number of aromatic nitrogens is 3. The predicted octanol–water partition coefficient (Wildman–Crippen LogP) is 1.77. The van der Waals surface area contributed by atoms with Gasteiger partial charge < -0.3 is 5.11 Å². The summed E-state index contributed by atoms with van der Waals surface area (Å²) in [5, 5.41) is 16.0. The molecule has 0 fully saturated rings. The van der Waals surface area contributed by atoms with Gasteiger partial charge in [0.1, 0.15) is 12.4 Å². The van der Waals surface area contributed by atoms with Gasteiger partial charge in [-0.15, -0.1) is 0 Å². The lowest BCUT2D eigenvalue weighted by atomic mass is 9.82. The maximum atomic E-state index is 9.01. The molecule has 3 rings (SSSR count). The molecule has 17 heavy (non-hydrogen) atoms. The zero-order valence-electron chi connectivity index (χ0n) is 9.56. The molecule has 4 heteroatoms. The molecule has 1 heterocycles. The highest BCUT2D eigenvalue weighted by molar-refractivity contribution is 5.36. The molecule has 0 aliphatic heterocycles. The number of hydrogen-bond donors (Lipinski definition) is 2. The molecule has 2 aromatic rings. The van der Waals surface area contributed by atoms with Gasteiger partial charge in [-0.1, -0.05) is 24.3 Å². The molecule has 1 aliphatic carbocycles. The van der Waals surface area contributed by atoms with Crippen LogP contribution in [-0.2, 0) is 13.0 Å². The molecule has 0 amide bonds. The summed E-state index contributed by atoms with van der Waals surface area (Å²) in [6.07, 6.45) is 3.40. The maximum absolute atomic E-state index is 9.01. The van der Waals surface area contributed by atoms with E-state index in [4.69, 9.17) is 5.11 Å². The Morgan fingerprint density at radius 3 is 3.06 bits per heavy atom. The van der Waals surface area contributed by atoms with E-state index in [-0.39, 0.29) is 12.5 Å². The van der Waals surface area contributed by atoms with Crippen LogP contribution in [0.3, 0.4) is 0 Å². The molecular formula is C13H15N3O. The van der Waals surface area contributed by atoms with E-state index in [0.717, 1.165) is 18.7 Å². The first kappa shape index (κ1) is 10.5. The van der Waals surface area contributed by atoms with Crippen LogP contribution in [0.5, 0.6) is 0 Å². The van der Waals surface area contributed by atoms with Crippen molar-refractivity contribution in [2.24, 2.45) is 0 Å². The van der Waals surface area contributed by atoms with Crippen LogP contribution < -0.4 is 0 Å². The van der Waals surface area contributed by atoms with Crippen molar-refractivity contribution in [3.05, 3.63) is 47.0 Å². The summed E-state index contributed by atoms with van der Waals surface area (Å²) in [5.41, 5.74) is 2.74. The largest absolute Gasteiger partial charge is 0.388 e. The lowest BCUT2D eigenvalue weighted by Crippen LogP contribution is -2.12. The van der Waals surface area contributed by atoms with Gasteiger partial charge in [0, 0.05) is 5.92 Å². The average Bonchev–Trinajstić information content (AvgIpc) is 2.87. The lowest BCUT2D eigenvalue weighted by Gasteiger charge is -2.22. The predicted molar refractivity (Wildman–Crippen MR) is 63.5 cm³/mol. The molecule has 0 spiro atoms. The number of nitrogens with one attached hydrogen (secondary N) is 1. The third-order valence-corrected chi connectivity index (χ3v) is 3.38. The summed E-state index contributed by atoms with van der Waals surface area (Å²) in [7, 11) is 0. The Morgan fingerprint density at radius 2 is 2.24 bits per heavy atom. The minimum Gasteiger partial charge on any atom is -0.388 e. The first-order valence-electron chi connectivity index (χ1n) is 5.98. The number of nitrogens with zero attached hydrogens (tertiary/aromatic N) is 2. The number of H-pyrrole nitrogens is 1. The van der Waals surface area contributed by atoms with Gasteiger partial charge in [-0.3, -0.25) is 5.10 Å². The van der Waals surface area contributed by atoms with E-state index in [0.29, 0.717) is 5.82 Å². The van der Waals surface area contributed by atoms with E-state index in [1.165, 1.54) is 17.5 Å². The normalized spacial score (nSPS) is 19.0. The van der Waals surface area contributed by atoms with Gasteiger partial charge in [0.15, 0.2) is 5.82 Å². The van der Waals surface area contributed by atoms with E-state index in [9.17, 15) is 0 Å². The van der Waals surface area contributed by atoms with Crippen molar-refractivity contribution in [1.29, 1.82) is 0 Å². The quantitative estimate of drug-likeness (QED) is 0.825. The van der Waals surface area contributed by atoms with E-state index >= 15 is 0 Å². The standard InChI is InChI=1S/C13H15N3O/c17-8-12-14-13(16-15-12)11-7-3-5-9-4-1-2-6-10(9)11/h1-2,4,6,11,17H,3,5,7-8H2,(H,14,15,16). The summed E-state index contributed by atoms with van der Waals surface area (Å²) < 4.78 is 0. The zero-order valence-corrected chi connectivity index (χ0v) is 9.56. The van der Waals surface area contributed by atoms with Gasteiger partial charge in [-0.05, 0) is 30.4 Å². The van der Waals surface area contributed by atoms with Crippen LogP contribution in [0.15, 0.2) is 24.3 Å². The minimum absolute atomic E-state index is 0.0820. The molecule has 1 atom stereocenters. The molecule has 1 aromatic heterocycles. The average molecular weight is 229 g/mol. The van der Waals surface area contributed by atoms with Crippen molar-refractivity contribution in [3.63, 3.8) is 0 Å². The molecule has 1 aliphatic rings. The summed E-state index contributed by atoms with van der Waals surface area (Å²) in [5.74, 6) is 1.63. The second-order valence-corrected chi connectivity index (χ2v) is 4.44. The highest BCUT2D eigenvalue weighted by Crippen LogP contribution is 2.34. The highest BCUT2D eigenvalue weighted by Gasteiger charge is 2.24. The summed E-state index contributed by atoms with van der Waals surface area (Å²) >= 11 is 0. The third-order valence-electron chi connectivity index (χ3n) is 3.38. The molecular weight excluding hydrogens is 214 g/mol. The summed E-state index contributed by atoms with van der Waals surface area (Å²) in [6, 6.07) is 8.49. The maximum Gasteiger partial charge on any atom is 0.158 e. The minimum atomic E-state index is -0.0820. The Kier molecular flexibility index (Phi) is 2.65. The molecule has 1 unspecified atom stereocenters. The Balaban J connectivity index is 1.99. The lowest BCUT2D eigenvalue weighted by molar-refractivity contribution is 0.271. The number of aliphatic hydroxyl groups is 1. The molecule has 2 N–H and O–H groups in total. The molecule has 1 aromatic carbocycles. The number of aromatic amines is 1. The van der Waals surface area contributed by atoms with E-state index < -0.39 is 0 Å². The van der Waals surface area contributed by atoms with Crippen LogP contribution >= 0.6 is 0 Å². The third kappa shape index (κ3) is 1.85. The molecule has 0 bridgehead atoms. The molecule has 0 saturated carbocycles. The fourth-order valence-corrected chi connectivity index (χ4v) is 2.56. The van der Waals surface area contributed by atoms with Gasteiger partial charge >= 0.3 is 0 Å². The number of aryl methyl sites for hydroxylation is 1. The van der Waals surface area contributed by atoms with Crippen LogP contribution in [0.1, 0.15) is 41.5 Å². The molecule has 88 valence electrons. The second kappa shape index (κ2) is 4.30. The number of fused-ring (bicyclic) bond motifs is 1. The Morgan fingerprint density at radius 1 is 1.35 bits per heavy atom. The number of aliphatic hydroxyl groups excluding tert-OH is 1. The van der Waals surface area contributed by atoms with Gasteiger partial charge in [-0.25, -0.2) is 4.98 Å². The van der Waals surface area contributed by atoms with Crippen molar-refractivity contribution < 1.29 is 5.11 Å². The van der Waals surface area contributed by atoms with Gasteiger partial charge in [0.25, 0.3) is 0 Å². The Labute approximate surface area is 99.7 Å². The highest BCUT2D eigenvalue weighted by atomic mass is 16.3. The number of hydrogen-bond acceptors (Lipinski definition) is 3. The summed E-state index contributed by atoms with van der Waals surface area (Å²) in [6.45, 7) is -0.0820. The van der Waals surface area contributed by atoms with E-state index in [1.54, 1.807) is 0 Å². The molecule has 0 radical (unpaired) electrons. The van der Waals surface area contributed by atoms with Crippen LogP contribution in [0.25, 0.3) is 0 Å². The topological polar surface area (TPSA) is 61.8 Å². The van der Waals surface area contributed by atoms with Gasteiger partial charge in [0.05, 0.1) is 0 Å². The van der Waals surface area contributed by atoms with E-state index in [1.807, 2.05) is 0 Å². The Hall–Kier alpha value is -1.68. The van der Waals surface area contributed by atoms with Crippen LogP contribution in [0, 0.1) is 0 Å². The fourth-order valence-electron chi connectivity index (χ4n) is 2.56. The monoisotopic (exact) mass is 229 g/mol. The van der Waals surface area contributed by atoms with Crippen molar-refractivity contribution in [3.8, 4) is 0 Å². The zero-order chi connectivity index (χ0) is 11.7. The van der Waals surface area contributed by atoms with Crippen molar-refractivity contribution in [2.45, 2.75) is 31.8 Å². The van der Waals surface area contributed by atoms with Crippen LogP contribution in [0.2, 0.25) is 0 Å². The summed E-state index contributed by atoms with van der Waals surface area (Å²) in [4.78, 5) is 4.33. The first-order chi connectivity index (χ1) is 8.38. The fraction of sp³-hybridized carbons (Fsp3) is 0.385. The van der Waals surface area contributed by atoms with Crippen LogP contribution in [-0.4, -0.2) is 20.3 Å². The van der Waals surface area contributed by atoms with Crippen LogP contribution in [0.4, 0.5) is 0 Å². The smallest absolute Gasteiger partial charge is 0.158 e. The van der Waals surface area contributed by atoms with Crippen molar-refractivity contribution >= 4 is 0 Å². The number of benzene rings is 1. The SMILES string of the molecule is OCc1nc(C2CCCc3ccccc32)n[nH]1. The van der Waals surface area contributed by atoms with Crippen molar-refractivity contribution in [2.75, 3.05) is 0 Å². The number of rotatable bonds is 2. The van der Waals surface area contributed by atoms with E-state index in [2.05, 4.69) is 39.4 Å². The molecule has 4 nitrogen and oxygen atoms in total. The van der Waals surface area contributed by atoms with Crippen molar-refractivity contribution in [1.82, 2.24) is 15.2 Å².